The highest BCUT2D eigenvalue weighted by Gasteiger charge is 1.98. The van der Waals surface area contributed by atoms with E-state index < -0.39 is 0 Å². The highest BCUT2D eigenvalue weighted by Crippen LogP contribution is 2.11. The SMILES string of the molecule is Cc1cccc(C)c1/C=N/Nc1ccc(F)cc1. The Hall–Kier alpha value is -2.16. The molecule has 0 atom stereocenters. The summed E-state index contributed by atoms with van der Waals surface area (Å²) in [5.74, 6) is -0.251. The predicted molar refractivity (Wildman–Crippen MR) is 73.5 cm³/mol. The molecule has 0 saturated heterocycles. The summed E-state index contributed by atoms with van der Waals surface area (Å²) in [6.07, 6.45) is 1.79. The third-order valence-corrected chi connectivity index (χ3v) is 2.77. The van der Waals surface area contributed by atoms with Crippen LogP contribution in [0.15, 0.2) is 47.6 Å². The van der Waals surface area contributed by atoms with Crippen LogP contribution >= 0.6 is 0 Å². The van der Waals surface area contributed by atoms with Gasteiger partial charge in [-0.25, -0.2) is 4.39 Å². The molecule has 0 fully saturated rings. The van der Waals surface area contributed by atoms with E-state index >= 15 is 0 Å². The first-order valence-electron chi connectivity index (χ1n) is 5.77. The summed E-state index contributed by atoms with van der Waals surface area (Å²) in [4.78, 5) is 0. The minimum Gasteiger partial charge on any atom is -0.279 e. The fourth-order valence-electron chi connectivity index (χ4n) is 1.73. The molecule has 0 spiro atoms. The first-order chi connectivity index (χ1) is 8.66. The zero-order valence-electron chi connectivity index (χ0n) is 10.4. The molecule has 92 valence electrons. The molecule has 0 aromatic heterocycles. The maximum Gasteiger partial charge on any atom is 0.123 e. The number of nitrogens with one attached hydrogen (secondary N) is 1. The molecule has 2 nitrogen and oxygen atoms in total. The lowest BCUT2D eigenvalue weighted by molar-refractivity contribution is 0.628. The lowest BCUT2D eigenvalue weighted by Crippen LogP contribution is -1.95. The van der Waals surface area contributed by atoms with Crippen LogP contribution in [0.2, 0.25) is 0 Å². The molecule has 0 unspecified atom stereocenters. The Balaban J connectivity index is 2.10. The number of hydrogen-bond acceptors (Lipinski definition) is 2. The maximum absolute atomic E-state index is 12.7. The molecule has 2 rings (SSSR count). The van der Waals surface area contributed by atoms with Gasteiger partial charge in [-0.2, -0.15) is 5.10 Å². The Morgan fingerprint density at radius 2 is 1.61 bits per heavy atom. The Morgan fingerprint density at radius 3 is 2.22 bits per heavy atom. The molecule has 2 aromatic rings. The van der Waals surface area contributed by atoms with Crippen molar-refractivity contribution in [2.45, 2.75) is 13.8 Å². The minimum absolute atomic E-state index is 0.251. The van der Waals surface area contributed by atoms with Gasteiger partial charge in [0.2, 0.25) is 0 Å². The molecule has 18 heavy (non-hydrogen) atoms. The molecule has 3 heteroatoms. The second-order valence-electron chi connectivity index (χ2n) is 4.18. The van der Waals surface area contributed by atoms with Crippen LogP contribution in [-0.4, -0.2) is 6.21 Å². The van der Waals surface area contributed by atoms with Gasteiger partial charge in [0.25, 0.3) is 0 Å². The van der Waals surface area contributed by atoms with E-state index in [0.29, 0.717) is 0 Å². The van der Waals surface area contributed by atoms with Gasteiger partial charge in [-0.3, -0.25) is 5.43 Å². The summed E-state index contributed by atoms with van der Waals surface area (Å²) in [5.41, 5.74) is 7.10. The van der Waals surface area contributed by atoms with Crippen LogP contribution in [0.1, 0.15) is 16.7 Å². The number of halogens is 1. The van der Waals surface area contributed by atoms with Crippen molar-refractivity contribution < 1.29 is 4.39 Å². The zero-order valence-corrected chi connectivity index (χ0v) is 10.4. The fourth-order valence-corrected chi connectivity index (χ4v) is 1.73. The van der Waals surface area contributed by atoms with Gasteiger partial charge in [0.15, 0.2) is 0 Å². The lowest BCUT2D eigenvalue weighted by atomic mass is 10.0. The summed E-state index contributed by atoms with van der Waals surface area (Å²) in [6.45, 7) is 4.10. The number of nitrogens with zero attached hydrogens (tertiary/aromatic N) is 1. The van der Waals surface area contributed by atoms with Crippen LogP contribution in [0.5, 0.6) is 0 Å². The Bertz CT molecular complexity index is 539. The largest absolute Gasteiger partial charge is 0.279 e. The number of aryl methyl sites for hydroxylation is 2. The van der Waals surface area contributed by atoms with E-state index in [2.05, 4.69) is 10.5 Å². The fraction of sp³-hybridized carbons (Fsp3) is 0.133. The van der Waals surface area contributed by atoms with Crippen molar-refractivity contribution in [3.05, 3.63) is 65.0 Å². The molecular weight excluding hydrogens is 227 g/mol. The van der Waals surface area contributed by atoms with Gasteiger partial charge in [-0.1, -0.05) is 18.2 Å². The monoisotopic (exact) mass is 242 g/mol. The van der Waals surface area contributed by atoms with Gasteiger partial charge in [0.1, 0.15) is 5.82 Å². The van der Waals surface area contributed by atoms with Gasteiger partial charge < -0.3 is 0 Å². The van der Waals surface area contributed by atoms with Gasteiger partial charge in [-0.05, 0) is 49.2 Å². The smallest absolute Gasteiger partial charge is 0.123 e. The summed E-state index contributed by atoms with van der Waals surface area (Å²) in [7, 11) is 0. The molecule has 0 heterocycles. The second-order valence-corrected chi connectivity index (χ2v) is 4.18. The molecular formula is C15H15FN2. The van der Waals surface area contributed by atoms with Crippen molar-refractivity contribution in [2.75, 3.05) is 5.43 Å². The van der Waals surface area contributed by atoms with E-state index in [1.807, 2.05) is 32.0 Å². The van der Waals surface area contributed by atoms with E-state index in [4.69, 9.17) is 0 Å². The van der Waals surface area contributed by atoms with Crippen molar-refractivity contribution in [1.29, 1.82) is 0 Å². The van der Waals surface area contributed by atoms with E-state index in [9.17, 15) is 4.39 Å². The number of benzene rings is 2. The first kappa shape index (κ1) is 12.3. The summed E-state index contributed by atoms with van der Waals surface area (Å²) >= 11 is 0. The minimum atomic E-state index is -0.251. The van der Waals surface area contributed by atoms with Gasteiger partial charge in [0.05, 0.1) is 11.9 Å². The maximum atomic E-state index is 12.7. The van der Waals surface area contributed by atoms with Crippen molar-refractivity contribution in [2.24, 2.45) is 5.10 Å². The molecule has 0 amide bonds. The molecule has 0 saturated carbocycles. The van der Waals surface area contributed by atoms with E-state index in [-0.39, 0.29) is 5.82 Å². The van der Waals surface area contributed by atoms with Crippen LogP contribution in [0.3, 0.4) is 0 Å². The normalized spacial score (nSPS) is 10.8. The van der Waals surface area contributed by atoms with E-state index in [1.165, 1.54) is 23.3 Å². The Morgan fingerprint density at radius 1 is 1.00 bits per heavy atom. The van der Waals surface area contributed by atoms with E-state index in [0.717, 1.165) is 11.3 Å². The van der Waals surface area contributed by atoms with Crippen molar-refractivity contribution in [1.82, 2.24) is 0 Å². The highest BCUT2D eigenvalue weighted by atomic mass is 19.1. The van der Waals surface area contributed by atoms with E-state index in [1.54, 1.807) is 18.3 Å². The number of hydrogen-bond donors (Lipinski definition) is 1. The molecule has 0 radical (unpaired) electrons. The van der Waals surface area contributed by atoms with Crippen LogP contribution in [-0.2, 0) is 0 Å². The molecule has 2 aromatic carbocycles. The van der Waals surface area contributed by atoms with Crippen LogP contribution < -0.4 is 5.43 Å². The summed E-state index contributed by atoms with van der Waals surface area (Å²) in [5, 5.41) is 4.17. The van der Waals surface area contributed by atoms with Gasteiger partial charge >= 0.3 is 0 Å². The summed E-state index contributed by atoms with van der Waals surface area (Å²) in [6, 6.07) is 12.2. The van der Waals surface area contributed by atoms with Crippen LogP contribution in [0.4, 0.5) is 10.1 Å². The van der Waals surface area contributed by atoms with Crippen molar-refractivity contribution >= 4 is 11.9 Å². The Kier molecular flexibility index (Phi) is 3.72. The van der Waals surface area contributed by atoms with Crippen LogP contribution in [0.25, 0.3) is 0 Å². The molecule has 1 N–H and O–H groups in total. The van der Waals surface area contributed by atoms with Gasteiger partial charge in [0, 0.05) is 5.56 Å². The van der Waals surface area contributed by atoms with Crippen molar-refractivity contribution in [3.63, 3.8) is 0 Å². The van der Waals surface area contributed by atoms with Crippen LogP contribution in [0, 0.1) is 19.7 Å². The highest BCUT2D eigenvalue weighted by molar-refractivity contribution is 5.84. The third-order valence-electron chi connectivity index (χ3n) is 2.77. The van der Waals surface area contributed by atoms with Crippen molar-refractivity contribution in [3.8, 4) is 0 Å². The molecule has 0 aliphatic rings. The quantitative estimate of drug-likeness (QED) is 0.641. The number of anilines is 1. The first-order valence-corrected chi connectivity index (χ1v) is 5.77. The topological polar surface area (TPSA) is 24.4 Å². The molecule has 0 aliphatic carbocycles. The second kappa shape index (κ2) is 5.45. The predicted octanol–water partition coefficient (Wildman–Crippen LogP) is 3.89. The van der Waals surface area contributed by atoms with Gasteiger partial charge in [-0.15, -0.1) is 0 Å². The average molecular weight is 242 g/mol. The average Bonchev–Trinajstić information content (AvgIpc) is 2.35. The summed E-state index contributed by atoms with van der Waals surface area (Å²) < 4.78 is 12.7. The molecule has 0 bridgehead atoms. The lowest BCUT2D eigenvalue weighted by Gasteiger charge is -2.04. The number of rotatable bonds is 3. The molecule has 0 aliphatic heterocycles. The zero-order chi connectivity index (χ0) is 13.0. The Labute approximate surface area is 106 Å². The standard InChI is InChI=1S/C15H15FN2/c1-11-4-3-5-12(2)15(11)10-17-18-14-8-6-13(16)7-9-14/h3-10,18H,1-2H3/b17-10+. The number of hydrazone groups is 1. The third kappa shape index (κ3) is 2.94.